The van der Waals surface area contributed by atoms with Gasteiger partial charge in [0, 0.05) is 12.0 Å². The molecule has 2 atom stereocenters. The highest BCUT2D eigenvalue weighted by atomic mass is 16.3. The number of aliphatic hydroxyl groups is 1. The minimum absolute atomic E-state index is 0.214. The van der Waals surface area contributed by atoms with Crippen molar-refractivity contribution in [1.82, 2.24) is 0 Å². The van der Waals surface area contributed by atoms with Gasteiger partial charge in [-0.15, -0.1) is 0 Å². The molecule has 1 N–H and O–H groups in total. The Morgan fingerprint density at radius 2 is 2.09 bits per heavy atom. The fourth-order valence-corrected chi connectivity index (χ4v) is 1.53. The van der Waals surface area contributed by atoms with Gasteiger partial charge in [-0.1, -0.05) is 18.9 Å². The molecule has 0 radical (unpaired) electrons. The lowest BCUT2D eigenvalue weighted by atomic mass is 9.86. The van der Waals surface area contributed by atoms with Crippen LogP contribution in [0, 0.1) is 17.2 Å². The van der Waals surface area contributed by atoms with Crippen molar-refractivity contribution < 1.29 is 5.11 Å². The van der Waals surface area contributed by atoms with Gasteiger partial charge in [0.25, 0.3) is 0 Å². The van der Waals surface area contributed by atoms with Crippen LogP contribution in [-0.4, -0.2) is 11.2 Å². The molecule has 60 valence electrons. The van der Waals surface area contributed by atoms with Crippen LogP contribution in [0.2, 0.25) is 0 Å². The lowest BCUT2D eigenvalue weighted by molar-refractivity contribution is 0.0928. The minimum Gasteiger partial charge on any atom is -0.393 e. The van der Waals surface area contributed by atoms with E-state index in [1.165, 1.54) is 12.5 Å². The van der Waals surface area contributed by atoms with Gasteiger partial charge in [-0.3, -0.25) is 0 Å². The molecule has 2 heteroatoms. The van der Waals surface area contributed by atoms with Crippen molar-refractivity contribution in [1.29, 1.82) is 5.26 Å². The molecule has 0 aromatic carbocycles. The molecule has 1 rings (SSSR count). The predicted molar refractivity (Wildman–Crippen MR) is 42.7 cm³/mol. The predicted octanol–water partition coefficient (Wildman–Crippen LogP) is 1.62. The zero-order chi connectivity index (χ0) is 8.10. The van der Waals surface area contributed by atoms with Crippen LogP contribution in [0.3, 0.4) is 0 Å². The third-order valence-electron chi connectivity index (χ3n) is 2.20. The zero-order valence-electron chi connectivity index (χ0n) is 6.53. The quantitative estimate of drug-likeness (QED) is 0.579. The third-order valence-corrected chi connectivity index (χ3v) is 2.20. The first kappa shape index (κ1) is 8.29. The summed E-state index contributed by atoms with van der Waals surface area (Å²) < 4.78 is 0. The largest absolute Gasteiger partial charge is 0.393 e. The van der Waals surface area contributed by atoms with Crippen LogP contribution in [0.1, 0.15) is 25.7 Å². The van der Waals surface area contributed by atoms with Crippen LogP contribution in [-0.2, 0) is 0 Å². The summed E-state index contributed by atoms with van der Waals surface area (Å²) in [5, 5.41) is 17.7. The van der Waals surface area contributed by atoms with E-state index in [9.17, 15) is 5.11 Å². The summed E-state index contributed by atoms with van der Waals surface area (Å²) in [6.07, 6.45) is 7.30. The zero-order valence-corrected chi connectivity index (χ0v) is 6.53. The van der Waals surface area contributed by atoms with E-state index in [0.717, 1.165) is 19.3 Å². The molecule has 2 unspecified atom stereocenters. The van der Waals surface area contributed by atoms with E-state index in [0.29, 0.717) is 0 Å². The second-order valence-corrected chi connectivity index (χ2v) is 3.00. The smallest absolute Gasteiger partial charge is 0.0908 e. The number of nitriles is 1. The van der Waals surface area contributed by atoms with Crippen LogP contribution in [0.5, 0.6) is 0 Å². The molecule has 2 nitrogen and oxygen atoms in total. The van der Waals surface area contributed by atoms with Crippen LogP contribution in [0.4, 0.5) is 0 Å². The first-order valence-corrected chi connectivity index (χ1v) is 4.09. The van der Waals surface area contributed by atoms with Gasteiger partial charge < -0.3 is 5.11 Å². The van der Waals surface area contributed by atoms with Crippen LogP contribution in [0.15, 0.2) is 12.2 Å². The highest BCUT2D eigenvalue weighted by Crippen LogP contribution is 2.24. The van der Waals surface area contributed by atoms with E-state index in [4.69, 9.17) is 5.26 Å². The molecule has 0 heterocycles. The SMILES string of the molecule is N#C/C=C/C1CCCCC1O. The van der Waals surface area contributed by atoms with Crippen molar-refractivity contribution >= 4 is 0 Å². The average molecular weight is 151 g/mol. The topological polar surface area (TPSA) is 44.0 Å². The molecule has 0 bridgehead atoms. The van der Waals surface area contributed by atoms with Gasteiger partial charge in [-0.05, 0) is 12.8 Å². The van der Waals surface area contributed by atoms with Crippen molar-refractivity contribution in [3.05, 3.63) is 12.2 Å². The Morgan fingerprint density at radius 3 is 2.73 bits per heavy atom. The van der Waals surface area contributed by atoms with E-state index in [1.807, 2.05) is 12.1 Å². The standard InChI is InChI=1S/C9H13NO/c10-7-3-5-8-4-1-2-6-9(8)11/h3,5,8-9,11H,1-2,4,6H2/b5-3+. The van der Waals surface area contributed by atoms with Crippen LogP contribution < -0.4 is 0 Å². The van der Waals surface area contributed by atoms with E-state index in [-0.39, 0.29) is 12.0 Å². The number of allylic oxidation sites excluding steroid dienone is 1. The van der Waals surface area contributed by atoms with E-state index in [1.54, 1.807) is 0 Å². The molecule has 0 aromatic rings. The number of hydrogen-bond donors (Lipinski definition) is 1. The van der Waals surface area contributed by atoms with Crippen molar-refractivity contribution in [2.75, 3.05) is 0 Å². The summed E-state index contributed by atoms with van der Waals surface area (Å²) in [5.41, 5.74) is 0. The van der Waals surface area contributed by atoms with Gasteiger partial charge in [0.2, 0.25) is 0 Å². The summed E-state index contributed by atoms with van der Waals surface area (Å²) in [7, 11) is 0. The Hall–Kier alpha value is -0.810. The van der Waals surface area contributed by atoms with E-state index >= 15 is 0 Å². The molecule has 1 saturated carbocycles. The summed E-state index contributed by atoms with van der Waals surface area (Å²) in [6.45, 7) is 0. The minimum atomic E-state index is -0.214. The molecule has 1 aliphatic rings. The normalized spacial score (nSPS) is 32.0. The number of aliphatic hydroxyl groups excluding tert-OH is 1. The molecular weight excluding hydrogens is 138 g/mol. The Labute approximate surface area is 67.2 Å². The fraction of sp³-hybridized carbons (Fsp3) is 0.667. The van der Waals surface area contributed by atoms with Gasteiger partial charge in [-0.2, -0.15) is 5.26 Å². The maximum Gasteiger partial charge on any atom is 0.0908 e. The maximum atomic E-state index is 9.43. The van der Waals surface area contributed by atoms with Gasteiger partial charge in [-0.25, -0.2) is 0 Å². The Morgan fingerprint density at radius 1 is 1.36 bits per heavy atom. The third kappa shape index (κ3) is 2.36. The Bertz CT molecular complexity index is 180. The lowest BCUT2D eigenvalue weighted by Gasteiger charge is -2.24. The second-order valence-electron chi connectivity index (χ2n) is 3.00. The van der Waals surface area contributed by atoms with Gasteiger partial charge >= 0.3 is 0 Å². The van der Waals surface area contributed by atoms with E-state index in [2.05, 4.69) is 0 Å². The van der Waals surface area contributed by atoms with Crippen molar-refractivity contribution in [3.8, 4) is 6.07 Å². The summed E-state index contributed by atoms with van der Waals surface area (Å²) in [6, 6.07) is 1.94. The van der Waals surface area contributed by atoms with Gasteiger partial charge in [0.15, 0.2) is 0 Å². The average Bonchev–Trinajstić information content (AvgIpc) is 2.03. The highest BCUT2D eigenvalue weighted by molar-refractivity contribution is 5.05. The molecule has 0 saturated heterocycles. The molecule has 1 fully saturated rings. The van der Waals surface area contributed by atoms with Crippen LogP contribution >= 0.6 is 0 Å². The molecule has 11 heavy (non-hydrogen) atoms. The highest BCUT2D eigenvalue weighted by Gasteiger charge is 2.19. The summed E-state index contributed by atoms with van der Waals surface area (Å²) in [4.78, 5) is 0. The van der Waals surface area contributed by atoms with Gasteiger partial charge in [0.1, 0.15) is 0 Å². The van der Waals surface area contributed by atoms with Crippen molar-refractivity contribution in [3.63, 3.8) is 0 Å². The fourth-order valence-electron chi connectivity index (χ4n) is 1.53. The molecule has 1 aliphatic carbocycles. The number of nitrogens with zero attached hydrogens (tertiary/aromatic N) is 1. The first-order valence-electron chi connectivity index (χ1n) is 4.09. The van der Waals surface area contributed by atoms with Crippen molar-refractivity contribution in [2.24, 2.45) is 5.92 Å². The van der Waals surface area contributed by atoms with Gasteiger partial charge in [0.05, 0.1) is 12.2 Å². The lowest BCUT2D eigenvalue weighted by Crippen LogP contribution is -2.22. The van der Waals surface area contributed by atoms with Crippen LogP contribution in [0.25, 0.3) is 0 Å². The summed E-state index contributed by atoms with van der Waals surface area (Å²) >= 11 is 0. The molecule has 0 amide bonds. The molecule has 0 aromatic heterocycles. The van der Waals surface area contributed by atoms with E-state index < -0.39 is 0 Å². The first-order chi connectivity index (χ1) is 5.34. The second kappa shape index (κ2) is 4.15. The summed E-state index contributed by atoms with van der Waals surface area (Å²) in [5.74, 6) is 0.225. The number of hydrogen-bond acceptors (Lipinski definition) is 2. The monoisotopic (exact) mass is 151 g/mol. The molecular formula is C9H13NO. The Balaban J connectivity index is 2.43. The molecule has 0 spiro atoms. The molecule has 0 aliphatic heterocycles. The number of rotatable bonds is 1. The van der Waals surface area contributed by atoms with Crippen molar-refractivity contribution in [2.45, 2.75) is 31.8 Å². The maximum absolute atomic E-state index is 9.43. The Kier molecular flexibility index (Phi) is 3.13.